The van der Waals surface area contributed by atoms with Gasteiger partial charge in [0.2, 0.25) is 0 Å². The van der Waals surface area contributed by atoms with Crippen LogP contribution in [0.5, 0.6) is 0 Å². The van der Waals surface area contributed by atoms with E-state index in [2.05, 4.69) is 12.1 Å². The summed E-state index contributed by atoms with van der Waals surface area (Å²) in [7, 11) is 3.77. The number of anilines is 4. The topological polar surface area (TPSA) is 59.1 Å². The third-order valence-corrected chi connectivity index (χ3v) is 6.59. The molecule has 0 N–H and O–H groups in total. The van der Waals surface area contributed by atoms with Gasteiger partial charge in [0, 0.05) is 25.5 Å². The first-order valence-electron chi connectivity index (χ1n) is 12.4. The molecule has 0 radical (unpaired) electrons. The number of hydrogen-bond acceptors (Lipinski definition) is 6. The summed E-state index contributed by atoms with van der Waals surface area (Å²) in [6, 6.07) is 26.3. The average molecular weight is 509 g/mol. The van der Waals surface area contributed by atoms with E-state index in [4.69, 9.17) is 9.78 Å². The van der Waals surface area contributed by atoms with Crippen molar-refractivity contribution in [3.63, 3.8) is 0 Å². The van der Waals surface area contributed by atoms with Crippen molar-refractivity contribution in [2.45, 2.75) is 27.7 Å². The molecule has 4 aromatic rings. The van der Waals surface area contributed by atoms with Crippen LogP contribution >= 0.6 is 0 Å². The maximum absolute atomic E-state index is 13.1. The lowest BCUT2D eigenvalue weighted by molar-refractivity contribution is -0.187. The molecule has 0 heterocycles. The monoisotopic (exact) mass is 508 g/mol. The minimum atomic E-state index is -0.759. The quantitative estimate of drug-likeness (QED) is 0.200. The SMILES string of the molecule is Cc1ccc(N(C)c2ccccc2C(=O)OOC(=O)c2ccccc2N(C)c2ccc(C)cc2C)c(C)c1. The standard InChI is InChI=1S/C32H32N2O4/c1-21-15-17-27(23(3)19-21)33(5)29-13-9-7-11-25(29)31(35)37-38-32(36)26-12-8-10-14-30(26)34(6)28-18-16-22(2)20-24(28)4/h7-20H,1-6H3. The summed E-state index contributed by atoms with van der Waals surface area (Å²) < 4.78 is 0. The lowest BCUT2D eigenvalue weighted by atomic mass is 10.1. The summed E-state index contributed by atoms with van der Waals surface area (Å²) in [6.07, 6.45) is 0. The molecule has 0 aliphatic rings. The van der Waals surface area contributed by atoms with Crippen molar-refractivity contribution in [3.05, 3.63) is 118 Å². The van der Waals surface area contributed by atoms with Gasteiger partial charge in [-0.15, -0.1) is 0 Å². The molecule has 0 aromatic heterocycles. The third-order valence-electron chi connectivity index (χ3n) is 6.59. The van der Waals surface area contributed by atoms with Crippen LogP contribution in [0.3, 0.4) is 0 Å². The second-order valence-electron chi connectivity index (χ2n) is 9.47. The maximum atomic E-state index is 13.1. The second-order valence-corrected chi connectivity index (χ2v) is 9.47. The molecule has 6 nitrogen and oxygen atoms in total. The Bertz CT molecular complexity index is 1380. The summed E-state index contributed by atoms with van der Waals surface area (Å²) in [5.41, 5.74) is 8.20. The van der Waals surface area contributed by atoms with E-state index in [0.29, 0.717) is 11.4 Å². The van der Waals surface area contributed by atoms with E-state index in [9.17, 15) is 9.59 Å². The van der Waals surface area contributed by atoms with Crippen molar-refractivity contribution in [3.8, 4) is 0 Å². The molecule has 4 aromatic carbocycles. The molecular formula is C32H32N2O4. The number of nitrogens with zero attached hydrogens (tertiary/aromatic N) is 2. The Kier molecular flexibility index (Phi) is 7.82. The van der Waals surface area contributed by atoms with Gasteiger partial charge in [-0.3, -0.25) is 0 Å². The van der Waals surface area contributed by atoms with Crippen LogP contribution in [0.4, 0.5) is 22.7 Å². The third kappa shape index (κ3) is 5.54. The van der Waals surface area contributed by atoms with Gasteiger partial charge in [-0.1, -0.05) is 59.7 Å². The number of rotatable bonds is 6. The molecule has 4 rings (SSSR count). The maximum Gasteiger partial charge on any atom is 0.388 e. The van der Waals surface area contributed by atoms with Gasteiger partial charge in [-0.25, -0.2) is 19.4 Å². The second kappa shape index (κ2) is 11.2. The number of hydrogen-bond donors (Lipinski definition) is 0. The Balaban J connectivity index is 1.54. The molecule has 0 saturated carbocycles. The van der Waals surface area contributed by atoms with Gasteiger partial charge in [-0.2, -0.15) is 0 Å². The summed E-state index contributed by atoms with van der Waals surface area (Å²) in [6.45, 7) is 8.12. The number of para-hydroxylation sites is 2. The molecule has 0 bridgehead atoms. The molecule has 0 atom stereocenters. The number of carbonyl (C=O) groups excluding carboxylic acids is 2. The summed E-state index contributed by atoms with van der Waals surface area (Å²) in [5, 5.41) is 0. The number of aryl methyl sites for hydroxylation is 4. The highest BCUT2D eigenvalue weighted by Gasteiger charge is 2.23. The van der Waals surface area contributed by atoms with Gasteiger partial charge >= 0.3 is 11.9 Å². The van der Waals surface area contributed by atoms with E-state index in [1.54, 1.807) is 24.3 Å². The normalized spacial score (nSPS) is 10.6. The Morgan fingerprint density at radius 2 is 0.895 bits per heavy atom. The van der Waals surface area contributed by atoms with Gasteiger partial charge < -0.3 is 9.80 Å². The molecule has 0 saturated heterocycles. The van der Waals surface area contributed by atoms with Crippen molar-refractivity contribution in [1.82, 2.24) is 0 Å². The molecule has 0 unspecified atom stereocenters. The van der Waals surface area contributed by atoms with Crippen molar-refractivity contribution >= 4 is 34.7 Å². The largest absolute Gasteiger partial charge is 0.388 e. The van der Waals surface area contributed by atoms with Gasteiger partial charge in [0.05, 0.1) is 22.5 Å². The van der Waals surface area contributed by atoms with Crippen LogP contribution in [-0.4, -0.2) is 26.0 Å². The van der Waals surface area contributed by atoms with Crippen LogP contribution in [0, 0.1) is 27.7 Å². The minimum Gasteiger partial charge on any atom is -0.344 e. The van der Waals surface area contributed by atoms with Crippen molar-refractivity contribution in [1.29, 1.82) is 0 Å². The Morgan fingerprint density at radius 1 is 0.526 bits per heavy atom. The molecule has 6 heteroatoms. The van der Waals surface area contributed by atoms with Crippen LogP contribution in [0.25, 0.3) is 0 Å². The van der Waals surface area contributed by atoms with Crippen LogP contribution < -0.4 is 9.80 Å². The molecule has 194 valence electrons. The smallest absolute Gasteiger partial charge is 0.344 e. The summed E-state index contributed by atoms with van der Waals surface area (Å²) in [4.78, 5) is 40.1. The molecule has 0 amide bonds. The van der Waals surface area contributed by atoms with E-state index in [-0.39, 0.29) is 11.1 Å². The van der Waals surface area contributed by atoms with E-state index in [1.807, 2.05) is 100 Å². The van der Waals surface area contributed by atoms with Gasteiger partial charge in [0.1, 0.15) is 0 Å². The van der Waals surface area contributed by atoms with E-state index >= 15 is 0 Å². The fourth-order valence-corrected chi connectivity index (χ4v) is 4.67. The lowest BCUT2D eigenvalue weighted by Crippen LogP contribution is -2.19. The fourth-order valence-electron chi connectivity index (χ4n) is 4.67. The molecule has 0 aliphatic heterocycles. The summed E-state index contributed by atoms with van der Waals surface area (Å²) in [5.74, 6) is -1.52. The van der Waals surface area contributed by atoms with Crippen LogP contribution in [-0.2, 0) is 9.78 Å². The molecule has 0 spiro atoms. The minimum absolute atomic E-state index is 0.281. The van der Waals surface area contributed by atoms with Crippen LogP contribution in [0.15, 0.2) is 84.9 Å². The zero-order chi connectivity index (χ0) is 27.4. The number of benzene rings is 4. The Labute approximate surface area is 224 Å². The predicted molar refractivity (Wildman–Crippen MR) is 152 cm³/mol. The van der Waals surface area contributed by atoms with Crippen LogP contribution in [0.2, 0.25) is 0 Å². The van der Waals surface area contributed by atoms with Gasteiger partial charge in [0.25, 0.3) is 0 Å². The van der Waals surface area contributed by atoms with Crippen LogP contribution in [0.1, 0.15) is 43.0 Å². The predicted octanol–water partition coefficient (Wildman–Crippen LogP) is 7.38. The zero-order valence-electron chi connectivity index (χ0n) is 22.6. The fraction of sp³-hybridized carbons (Fsp3) is 0.188. The van der Waals surface area contributed by atoms with Gasteiger partial charge in [-0.05, 0) is 75.2 Å². The molecule has 38 heavy (non-hydrogen) atoms. The van der Waals surface area contributed by atoms with Gasteiger partial charge in [0.15, 0.2) is 0 Å². The van der Waals surface area contributed by atoms with E-state index in [1.165, 1.54) is 0 Å². The van der Waals surface area contributed by atoms with E-state index in [0.717, 1.165) is 33.6 Å². The number of carbonyl (C=O) groups is 2. The highest BCUT2D eigenvalue weighted by atomic mass is 17.2. The van der Waals surface area contributed by atoms with Crippen molar-refractivity contribution < 1.29 is 19.4 Å². The van der Waals surface area contributed by atoms with Crippen molar-refractivity contribution in [2.24, 2.45) is 0 Å². The zero-order valence-corrected chi connectivity index (χ0v) is 22.6. The molecule has 0 fully saturated rings. The lowest BCUT2D eigenvalue weighted by Gasteiger charge is -2.24. The van der Waals surface area contributed by atoms with E-state index < -0.39 is 11.9 Å². The average Bonchev–Trinajstić information content (AvgIpc) is 2.91. The summed E-state index contributed by atoms with van der Waals surface area (Å²) >= 11 is 0. The highest BCUT2D eigenvalue weighted by Crippen LogP contribution is 2.32. The first-order valence-corrected chi connectivity index (χ1v) is 12.4. The highest BCUT2D eigenvalue weighted by molar-refractivity contribution is 5.99. The molecular weight excluding hydrogens is 476 g/mol. The first kappa shape index (κ1) is 26.5. The first-order chi connectivity index (χ1) is 18.2. The van der Waals surface area contributed by atoms with Crippen molar-refractivity contribution in [2.75, 3.05) is 23.9 Å². The Morgan fingerprint density at radius 3 is 1.26 bits per heavy atom. The molecule has 0 aliphatic carbocycles. The Hall–Kier alpha value is -4.58.